The van der Waals surface area contributed by atoms with Crippen molar-refractivity contribution in [2.75, 3.05) is 26.7 Å². The number of carboxylic acid groups (broad SMARTS) is 1. The molecule has 0 aromatic heterocycles. The van der Waals surface area contributed by atoms with Gasteiger partial charge in [-0.1, -0.05) is 0 Å². The van der Waals surface area contributed by atoms with Crippen molar-refractivity contribution in [2.24, 2.45) is 5.92 Å². The summed E-state index contributed by atoms with van der Waals surface area (Å²) >= 11 is 0. The van der Waals surface area contributed by atoms with Crippen LogP contribution in [-0.2, 0) is 4.79 Å². The Bertz CT molecular complexity index is 509. The highest BCUT2D eigenvalue weighted by Crippen LogP contribution is 2.14. The van der Waals surface area contributed by atoms with Crippen LogP contribution in [0.3, 0.4) is 0 Å². The van der Waals surface area contributed by atoms with E-state index in [0.29, 0.717) is 17.6 Å². The van der Waals surface area contributed by atoms with Gasteiger partial charge in [0.2, 0.25) is 0 Å². The van der Waals surface area contributed by atoms with Crippen molar-refractivity contribution < 1.29 is 14.6 Å². The molecule has 1 fully saturated rings. The Morgan fingerprint density at radius 1 is 1.48 bits per heavy atom. The van der Waals surface area contributed by atoms with Gasteiger partial charge in [-0.2, -0.15) is 0 Å². The van der Waals surface area contributed by atoms with E-state index in [1.807, 2.05) is 7.05 Å². The van der Waals surface area contributed by atoms with Gasteiger partial charge in [0.1, 0.15) is 18.2 Å². The quantitative estimate of drug-likeness (QED) is 0.538. The first-order chi connectivity index (χ1) is 9.95. The minimum Gasteiger partial charge on any atom is -0.493 e. The number of amidine groups is 1. The maximum absolute atomic E-state index is 10.7. The molecule has 1 atom stereocenters. The molecule has 3 N–H and O–H groups in total. The fourth-order valence-corrected chi connectivity index (χ4v) is 2.09. The van der Waals surface area contributed by atoms with Crippen molar-refractivity contribution in [3.05, 3.63) is 29.8 Å². The van der Waals surface area contributed by atoms with Gasteiger partial charge in [-0.25, -0.2) is 0 Å². The van der Waals surface area contributed by atoms with Crippen molar-refractivity contribution in [3.8, 4) is 5.75 Å². The van der Waals surface area contributed by atoms with Gasteiger partial charge in [0.15, 0.2) is 0 Å². The zero-order valence-electron chi connectivity index (χ0n) is 12.3. The summed E-state index contributed by atoms with van der Waals surface area (Å²) in [5, 5.41) is 20.0. The number of likely N-dealkylation sites (tertiary alicyclic amines) is 1. The number of nitrogens with zero attached hydrogens (tertiary/aromatic N) is 1. The molecule has 114 valence electrons. The average Bonchev–Trinajstić information content (AvgIpc) is 2.43. The third-order valence-corrected chi connectivity index (χ3v) is 3.48. The smallest absolute Gasteiger partial charge is 0.309 e. The molecule has 1 saturated heterocycles. The van der Waals surface area contributed by atoms with Gasteiger partial charge in [0, 0.05) is 18.7 Å². The number of likely N-dealkylation sites (N-methyl/N-ethyl adjacent to an activating group) is 1. The van der Waals surface area contributed by atoms with Gasteiger partial charge >= 0.3 is 5.97 Å². The summed E-state index contributed by atoms with van der Waals surface area (Å²) < 4.78 is 5.41. The number of carboxylic acids is 1. The maximum atomic E-state index is 10.7. The van der Waals surface area contributed by atoms with E-state index in [1.54, 1.807) is 31.2 Å². The third kappa shape index (κ3) is 4.19. The molecule has 0 spiro atoms. The topological polar surface area (TPSA) is 85.7 Å². The highest BCUT2D eigenvalue weighted by Gasteiger charge is 2.23. The van der Waals surface area contributed by atoms with Gasteiger partial charge < -0.3 is 20.1 Å². The molecule has 0 unspecified atom stereocenters. The zero-order chi connectivity index (χ0) is 15.4. The number of aliphatic carboxylic acids is 1. The Labute approximate surface area is 124 Å². The predicted molar refractivity (Wildman–Crippen MR) is 80.0 cm³/mol. The van der Waals surface area contributed by atoms with Gasteiger partial charge in [-0.15, -0.1) is 0 Å². The normalized spacial score (nSPS) is 16.9. The van der Waals surface area contributed by atoms with E-state index < -0.39 is 11.9 Å². The van der Waals surface area contributed by atoms with E-state index >= 15 is 0 Å². The molecule has 1 heterocycles. The summed E-state index contributed by atoms with van der Waals surface area (Å²) in [4.78, 5) is 12.9. The Balaban J connectivity index is 1.83. The molecule has 0 bridgehead atoms. The molecule has 6 nitrogen and oxygen atoms in total. The summed E-state index contributed by atoms with van der Waals surface area (Å²) in [7, 11) is 2.05. The first-order valence-corrected chi connectivity index (χ1v) is 6.95. The molecule has 2 rings (SSSR count). The van der Waals surface area contributed by atoms with Crippen molar-refractivity contribution >= 4 is 11.8 Å². The molecule has 0 radical (unpaired) electrons. The van der Waals surface area contributed by atoms with Crippen LogP contribution >= 0.6 is 0 Å². The highest BCUT2D eigenvalue weighted by atomic mass is 16.5. The number of hydrogen-bond donors (Lipinski definition) is 3. The Hall–Kier alpha value is -2.08. The average molecular weight is 291 g/mol. The van der Waals surface area contributed by atoms with E-state index in [0.717, 1.165) is 18.7 Å². The fourth-order valence-electron chi connectivity index (χ4n) is 2.09. The van der Waals surface area contributed by atoms with Gasteiger partial charge in [0.05, 0.1) is 12.0 Å². The van der Waals surface area contributed by atoms with Crippen LogP contribution in [0.15, 0.2) is 24.3 Å². The molecule has 0 amide bonds. The summed E-state index contributed by atoms with van der Waals surface area (Å²) in [6.45, 7) is 3.65. The van der Waals surface area contributed by atoms with Gasteiger partial charge in [-0.3, -0.25) is 10.2 Å². The molecule has 1 aromatic carbocycles. The molecule has 1 aliphatic heterocycles. The molecular weight excluding hydrogens is 270 g/mol. The maximum Gasteiger partial charge on any atom is 0.309 e. The van der Waals surface area contributed by atoms with Gasteiger partial charge in [-0.05, 0) is 38.2 Å². The van der Waals surface area contributed by atoms with E-state index in [-0.39, 0.29) is 6.61 Å². The third-order valence-electron chi connectivity index (χ3n) is 3.48. The standard InChI is InChI=1S/C15H21N3O3/c1-10(15(19)20)9-21-13-5-3-11(4-6-13)14(16)17-12-7-18(2)8-12/h3-6,10,12H,7-9H2,1-2H3,(H2,16,17)(H,19,20)/t10-/m0/s1. The fraction of sp³-hybridized carbons (Fsp3) is 0.467. The number of ether oxygens (including phenoxy) is 1. The van der Waals surface area contributed by atoms with Crippen LogP contribution in [0, 0.1) is 11.3 Å². The number of carbonyl (C=O) groups is 1. The Kier molecular flexibility index (Phi) is 4.80. The lowest BCUT2D eigenvalue weighted by molar-refractivity contribution is -0.142. The van der Waals surface area contributed by atoms with Crippen LogP contribution in [0.1, 0.15) is 12.5 Å². The van der Waals surface area contributed by atoms with Crippen molar-refractivity contribution in [2.45, 2.75) is 13.0 Å². The zero-order valence-corrected chi connectivity index (χ0v) is 12.3. The minimum atomic E-state index is -0.872. The second kappa shape index (κ2) is 6.58. The second-order valence-corrected chi connectivity index (χ2v) is 5.51. The van der Waals surface area contributed by atoms with Gasteiger partial charge in [0.25, 0.3) is 0 Å². The van der Waals surface area contributed by atoms with Crippen molar-refractivity contribution in [1.29, 1.82) is 5.41 Å². The van der Waals surface area contributed by atoms with Crippen molar-refractivity contribution in [1.82, 2.24) is 10.2 Å². The lowest BCUT2D eigenvalue weighted by Gasteiger charge is -2.37. The highest BCUT2D eigenvalue weighted by molar-refractivity contribution is 5.96. The summed E-state index contributed by atoms with van der Waals surface area (Å²) in [6, 6.07) is 7.46. The van der Waals surface area contributed by atoms with Crippen LogP contribution in [0.4, 0.5) is 0 Å². The van der Waals surface area contributed by atoms with Crippen LogP contribution < -0.4 is 10.1 Å². The minimum absolute atomic E-state index is 0.138. The largest absolute Gasteiger partial charge is 0.493 e. The lowest BCUT2D eigenvalue weighted by atomic mass is 10.1. The van der Waals surface area contributed by atoms with E-state index in [1.165, 1.54) is 0 Å². The molecule has 0 aliphatic carbocycles. The van der Waals surface area contributed by atoms with Crippen LogP contribution in [0.5, 0.6) is 5.75 Å². The predicted octanol–water partition coefficient (Wildman–Crippen LogP) is 1.02. The van der Waals surface area contributed by atoms with Crippen LogP contribution in [0.25, 0.3) is 0 Å². The van der Waals surface area contributed by atoms with E-state index in [9.17, 15) is 4.79 Å². The molecular formula is C15H21N3O3. The van der Waals surface area contributed by atoms with Crippen LogP contribution in [0.2, 0.25) is 0 Å². The summed E-state index contributed by atoms with van der Waals surface area (Å²) in [5.41, 5.74) is 0.795. The first-order valence-electron chi connectivity index (χ1n) is 6.95. The van der Waals surface area contributed by atoms with Crippen molar-refractivity contribution in [3.63, 3.8) is 0 Å². The summed E-state index contributed by atoms with van der Waals surface area (Å²) in [6.07, 6.45) is 0. The molecule has 1 aliphatic rings. The monoisotopic (exact) mass is 291 g/mol. The number of nitrogens with one attached hydrogen (secondary N) is 2. The SMILES string of the molecule is C[C@@H](COc1ccc(C(=N)NC2CN(C)C2)cc1)C(=O)O. The van der Waals surface area contributed by atoms with Crippen LogP contribution in [-0.4, -0.2) is 54.6 Å². The van der Waals surface area contributed by atoms with E-state index in [2.05, 4.69) is 10.2 Å². The molecule has 0 saturated carbocycles. The molecule has 1 aromatic rings. The second-order valence-electron chi connectivity index (χ2n) is 5.51. The lowest BCUT2D eigenvalue weighted by Crippen LogP contribution is -2.57. The first kappa shape index (κ1) is 15.3. The summed E-state index contributed by atoms with van der Waals surface area (Å²) in [5.74, 6) is -0.398. The number of rotatable bonds is 6. The molecule has 6 heteroatoms. The molecule has 21 heavy (non-hydrogen) atoms. The Morgan fingerprint density at radius 3 is 2.62 bits per heavy atom. The Morgan fingerprint density at radius 2 is 2.10 bits per heavy atom. The number of hydrogen-bond acceptors (Lipinski definition) is 4. The van der Waals surface area contributed by atoms with E-state index in [4.69, 9.17) is 15.3 Å². The number of benzene rings is 1.